The third-order valence-corrected chi connectivity index (χ3v) is 3.58. The van der Waals surface area contributed by atoms with Crippen molar-refractivity contribution in [3.05, 3.63) is 41.6 Å². The van der Waals surface area contributed by atoms with E-state index in [2.05, 4.69) is 20.6 Å². The number of benzene rings is 1. The first kappa shape index (κ1) is 15.6. The summed E-state index contributed by atoms with van der Waals surface area (Å²) < 4.78 is 26.3. The van der Waals surface area contributed by atoms with Crippen LogP contribution in [0.15, 0.2) is 24.3 Å². The Labute approximate surface area is 132 Å². The number of aliphatic hydroxyl groups excluding tert-OH is 1. The van der Waals surface area contributed by atoms with Crippen molar-refractivity contribution in [3.63, 3.8) is 0 Å². The molecule has 0 saturated heterocycles. The highest BCUT2D eigenvalue weighted by Crippen LogP contribution is 2.40. The van der Waals surface area contributed by atoms with Gasteiger partial charge in [0.05, 0.1) is 12.3 Å². The van der Waals surface area contributed by atoms with Gasteiger partial charge in [-0.3, -0.25) is 0 Å². The monoisotopic (exact) mass is 320 g/mol. The van der Waals surface area contributed by atoms with Crippen LogP contribution in [0.3, 0.4) is 0 Å². The number of rotatable bonds is 6. The van der Waals surface area contributed by atoms with Crippen LogP contribution in [0.1, 0.15) is 31.4 Å². The fourth-order valence-electron chi connectivity index (χ4n) is 2.17. The summed E-state index contributed by atoms with van der Waals surface area (Å²) in [6.45, 7) is 1.78. The maximum atomic E-state index is 13.3. The molecular weight excluding hydrogens is 302 g/mol. The summed E-state index contributed by atoms with van der Waals surface area (Å²) >= 11 is 0. The molecule has 5 nitrogen and oxygen atoms in total. The van der Waals surface area contributed by atoms with Crippen molar-refractivity contribution < 1.29 is 13.9 Å². The number of hydrogen-bond donors (Lipinski definition) is 3. The topological polar surface area (TPSA) is 70.1 Å². The van der Waals surface area contributed by atoms with Crippen LogP contribution in [0, 0.1) is 11.6 Å². The van der Waals surface area contributed by atoms with Gasteiger partial charge in [0, 0.05) is 29.8 Å². The van der Waals surface area contributed by atoms with Crippen molar-refractivity contribution in [1.29, 1.82) is 0 Å². The average Bonchev–Trinajstić information content (AvgIpc) is 3.35. The van der Waals surface area contributed by atoms with Gasteiger partial charge in [0.15, 0.2) is 11.6 Å². The smallest absolute Gasteiger partial charge is 0.225 e. The Bertz CT molecular complexity index is 706. The molecule has 0 radical (unpaired) electrons. The molecule has 1 aliphatic carbocycles. The SMILES string of the molecule is C[C@H](CO)Nc1nc(Nc2ccc(F)c(F)c2)cc(C2CC2)n1. The molecule has 122 valence electrons. The first-order valence-corrected chi connectivity index (χ1v) is 7.53. The minimum Gasteiger partial charge on any atom is -0.394 e. The molecule has 1 aliphatic rings. The standard InChI is InChI=1S/C16H18F2N4O/c1-9(8-23)19-16-21-14(10-2-3-10)7-15(22-16)20-11-4-5-12(17)13(18)6-11/h4-7,9-10,23H,2-3,8H2,1H3,(H2,19,20,21,22)/t9-/m1/s1. The van der Waals surface area contributed by atoms with Crippen LogP contribution < -0.4 is 10.6 Å². The van der Waals surface area contributed by atoms with Crippen LogP contribution in [0.4, 0.5) is 26.2 Å². The summed E-state index contributed by atoms with van der Waals surface area (Å²) in [5.74, 6) is -0.496. The first-order chi connectivity index (χ1) is 11.0. The predicted octanol–water partition coefficient (Wildman–Crippen LogP) is 3.17. The summed E-state index contributed by atoms with van der Waals surface area (Å²) in [5, 5.41) is 15.1. The summed E-state index contributed by atoms with van der Waals surface area (Å²) in [7, 11) is 0. The summed E-state index contributed by atoms with van der Waals surface area (Å²) in [6.07, 6.45) is 2.16. The van der Waals surface area contributed by atoms with Crippen molar-refractivity contribution >= 4 is 17.5 Å². The lowest BCUT2D eigenvalue weighted by atomic mass is 10.2. The second-order valence-electron chi connectivity index (χ2n) is 5.76. The van der Waals surface area contributed by atoms with Gasteiger partial charge in [-0.15, -0.1) is 0 Å². The first-order valence-electron chi connectivity index (χ1n) is 7.53. The molecular formula is C16H18F2N4O. The van der Waals surface area contributed by atoms with E-state index in [9.17, 15) is 8.78 Å². The molecule has 3 N–H and O–H groups in total. The van der Waals surface area contributed by atoms with Gasteiger partial charge >= 0.3 is 0 Å². The number of aliphatic hydroxyl groups is 1. The zero-order valence-electron chi connectivity index (χ0n) is 12.7. The van der Waals surface area contributed by atoms with Gasteiger partial charge in [-0.2, -0.15) is 4.98 Å². The molecule has 0 amide bonds. The maximum Gasteiger partial charge on any atom is 0.225 e. The molecule has 0 bridgehead atoms. The molecule has 2 aromatic rings. The lowest BCUT2D eigenvalue weighted by Crippen LogP contribution is -2.21. The highest BCUT2D eigenvalue weighted by molar-refractivity contribution is 5.58. The van der Waals surface area contributed by atoms with E-state index < -0.39 is 11.6 Å². The van der Waals surface area contributed by atoms with Crippen molar-refractivity contribution in [3.8, 4) is 0 Å². The van der Waals surface area contributed by atoms with Crippen molar-refractivity contribution in [2.45, 2.75) is 31.7 Å². The van der Waals surface area contributed by atoms with E-state index in [1.165, 1.54) is 6.07 Å². The zero-order valence-corrected chi connectivity index (χ0v) is 12.7. The van der Waals surface area contributed by atoms with Gasteiger partial charge in [0.25, 0.3) is 0 Å². The number of anilines is 3. The van der Waals surface area contributed by atoms with Gasteiger partial charge in [-0.1, -0.05) is 0 Å². The van der Waals surface area contributed by atoms with E-state index in [0.717, 1.165) is 30.7 Å². The Morgan fingerprint density at radius 3 is 2.65 bits per heavy atom. The molecule has 23 heavy (non-hydrogen) atoms. The van der Waals surface area contributed by atoms with Crippen molar-refractivity contribution in [2.75, 3.05) is 17.2 Å². The summed E-state index contributed by atoms with van der Waals surface area (Å²) in [4.78, 5) is 8.77. The second kappa shape index (κ2) is 6.45. The Morgan fingerprint density at radius 2 is 2.00 bits per heavy atom. The molecule has 1 aromatic heterocycles. The Balaban J connectivity index is 1.86. The Hall–Kier alpha value is -2.28. The number of halogens is 2. The average molecular weight is 320 g/mol. The van der Waals surface area contributed by atoms with Crippen LogP contribution >= 0.6 is 0 Å². The normalized spacial score (nSPS) is 15.3. The maximum absolute atomic E-state index is 13.3. The van der Waals surface area contributed by atoms with E-state index in [1.807, 2.05) is 13.0 Å². The van der Waals surface area contributed by atoms with E-state index >= 15 is 0 Å². The molecule has 1 aromatic carbocycles. The molecule has 1 fully saturated rings. The minimum absolute atomic E-state index is 0.0387. The van der Waals surface area contributed by atoms with Crippen molar-refractivity contribution in [2.24, 2.45) is 0 Å². The van der Waals surface area contributed by atoms with E-state index in [-0.39, 0.29) is 12.6 Å². The van der Waals surface area contributed by atoms with Crippen LogP contribution in [0.25, 0.3) is 0 Å². The Morgan fingerprint density at radius 1 is 1.22 bits per heavy atom. The van der Waals surface area contributed by atoms with Crippen LogP contribution in [-0.2, 0) is 0 Å². The highest BCUT2D eigenvalue weighted by atomic mass is 19.2. The van der Waals surface area contributed by atoms with Gasteiger partial charge in [-0.25, -0.2) is 13.8 Å². The van der Waals surface area contributed by atoms with Gasteiger partial charge < -0.3 is 15.7 Å². The van der Waals surface area contributed by atoms with Gasteiger partial charge in [0.2, 0.25) is 5.95 Å². The molecule has 0 unspecified atom stereocenters. The minimum atomic E-state index is -0.918. The zero-order chi connectivity index (χ0) is 16.4. The molecule has 1 atom stereocenters. The van der Waals surface area contributed by atoms with E-state index in [4.69, 9.17) is 5.11 Å². The fraction of sp³-hybridized carbons (Fsp3) is 0.375. The molecule has 1 heterocycles. The third-order valence-electron chi connectivity index (χ3n) is 3.58. The summed E-state index contributed by atoms with van der Waals surface area (Å²) in [5.41, 5.74) is 1.31. The lowest BCUT2D eigenvalue weighted by Gasteiger charge is -2.14. The lowest BCUT2D eigenvalue weighted by molar-refractivity contribution is 0.281. The second-order valence-corrected chi connectivity index (χ2v) is 5.76. The molecule has 7 heteroatoms. The van der Waals surface area contributed by atoms with Crippen LogP contribution in [0.2, 0.25) is 0 Å². The fourth-order valence-corrected chi connectivity index (χ4v) is 2.17. The quantitative estimate of drug-likeness (QED) is 0.763. The molecule has 3 rings (SSSR count). The molecule has 0 aliphatic heterocycles. The highest BCUT2D eigenvalue weighted by Gasteiger charge is 2.26. The Kier molecular flexibility index (Phi) is 4.38. The number of hydrogen-bond acceptors (Lipinski definition) is 5. The summed E-state index contributed by atoms with van der Waals surface area (Å²) in [6, 6.07) is 5.22. The van der Waals surface area contributed by atoms with Gasteiger partial charge in [0.1, 0.15) is 5.82 Å². The predicted molar refractivity (Wildman–Crippen MR) is 83.8 cm³/mol. The molecule has 1 saturated carbocycles. The third kappa shape index (κ3) is 3.92. The van der Waals surface area contributed by atoms with E-state index in [0.29, 0.717) is 23.4 Å². The van der Waals surface area contributed by atoms with Crippen LogP contribution in [-0.4, -0.2) is 27.7 Å². The van der Waals surface area contributed by atoms with E-state index in [1.54, 1.807) is 0 Å². The number of nitrogens with one attached hydrogen (secondary N) is 2. The van der Waals surface area contributed by atoms with Crippen LogP contribution in [0.5, 0.6) is 0 Å². The number of aromatic nitrogens is 2. The van der Waals surface area contributed by atoms with Gasteiger partial charge in [-0.05, 0) is 31.9 Å². The molecule has 0 spiro atoms. The largest absolute Gasteiger partial charge is 0.394 e. The van der Waals surface area contributed by atoms with Crippen molar-refractivity contribution in [1.82, 2.24) is 9.97 Å². The number of nitrogens with zero attached hydrogens (tertiary/aromatic N) is 2.